The van der Waals surface area contributed by atoms with Crippen molar-refractivity contribution in [2.24, 2.45) is 11.8 Å². The number of hydrogen-bond acceptors (Lipinski definition) is 2. The lowest BCUT2D eigenvalue weighted by Gasteiger charge is -2.29. The molecule has 17 heavy (non-hydrogen) atoms. The van der Waals surface area contributed by atoms with Crippen LogP contribution in [0.25, 0.3) is 0 Å². The molecule has 0 saturated heterocycles. The van der Waals surface area contributed by atoms with Gasteiger partial charge in [-0.3, -0.25) is 0 Å². The predicted molar refractivity (Wildman–Crippen MR) is 74.1 cm³/mol. The Kier molecular flexibility index (Phi) is 7.87. The summed E-state index contributed by atoms with van der Waals surface area (Å²) in [5.41, 5.74) is 0. The molecule has 2 atom stereocenters. The number of aliphatic hydroxyl groups excluding tert-OH is 1. The average molecular weight is 241 g/mol. The van der Waals surface area contributed by atoms with Gasteiger partial charge < -0.3 is 10.4 Å². The highest BCUT2D eigenvalue weighted by Crippen LogP contribution is 2.26. The van der Waals surface area contributed by atoms with E-state index in [1.165, 1.54) is 44.9 Å². The third-order valence-corrected chi connectivity index (χ3v) is 4.32. The van der Waals surface area contributed by atoms with Crippen molar-refractivity contribution in [3.05, 3.63) is 0 Å². The van der Waals surface area contributed by atoms with E-state index in [2.05, 4.69) is 19.2 Å². The smallest absolute Gasteiger partial charge is 0.0434 e. The fourth-order valence-corrected chi connectivity index (χ4v) is 3.09. The summed E-state index contributed by atoms with van der Waals surface area (Å²) in [6.45, 7) is 6.00. The standard InChI is InChI=1S/C15H31NO/c1-3-7-14(10-11-17)12-16-13(2)15-8-5-4-6-9-15/h13-17H,3-12H2,1-2H3. The van der Waals surface area contributed by atoms with Crippen LogP contribution in [0, 0.1) is 11.8 Å². The molecule has 1 saturated carbocycles. The van der Waals surface area contributed by atoms with Crippen LogP contribution >= 0.6 is 0 Å². The molecule has 102 valence electrons. The second kappa shape index (κ2) is 8.93. The summed E-state index contributed by atoms with van der Waals surface area (Å²) in [5.74, 6) is 1.55. The Hall–Kier alpha value is -0.0800. The Morgan fingerprint density at radius 2 is 1.88 bits per heavy atom. The van der Waals surface area contributed by atoms with Gasteiger partial charge >= 0.3 is 0 Å². The summed E-state index contributed by atoms with van der Waals surface area (Å²) in [5, 5.41) is 12.8. The molecule has 2 heteroatoms. The molecular formula is C15H31NO. The van der Waals surface area contributed by atoms with Crippen molar-refractivity contribution < 1.29 is 5.11 Å². The lowest BCUT2D eigenvalue weighted by Crippen LogP contribution is -2.37. The van der Waals surface area contributed by atoms with E-state index in [4.69, 9.17) is 5.11 Å². The van der Waals surface area contributed by atoms with Gasteiger partial charge in [-0.2, -0.15) is 0 Å². The molecule has 2 unspecified atom stereocenters. The van der Waals surface area contributed by atoms with E-state index in [1.807, 2.05) is 0 Å². The SMILES string of the molecule is CCCC(CCO)CNC(C)C1CCCCC1. The first-order chi connectivity index (χ1) is 8.27. The number of aliphatic hydroxyl groups is 1. The van der Waals surface area contributed by atoms with Crippen molar-refractivity contribution in [2.75, 3.05) is 13.2 Å². The third-order valence-electron chi connectivity index (χ3n) is 4.32. The fraction of sp³-hybridized carbons (Fsp3) is 1.00. The lowest BCUT2D eigenvalue weighted by molar-refractivity contribution is 0.231. The van der Waals surface area contributed by atoms with E-state index in [0.29, 0.717) is 18.6 Å². The molecule has 0 aliphatic heterocycles. The van der Waals surface area contributed by atoms with E-state index in [0.717, 1.165) is 18.9 Å². The molecule has 1 aliphatic carbocycles. The summed E-state index contributed by atoms with van der Waals surface area (Å²) in [6, 6.07) is 0.661. The normalized spacial score (nSPS) is 21.4. The largest absolute Gasteiger partial charge is 0.396 e. The Morgan fingerprint density at radius 3 is 2.47 bits per heavy atom. The molecule has 0 amide bonds. The van der Waals surface area contributed by atoms with E-state index in [9.17, 15) is 0 Å². The van der Waals surface area contributed by atoms with Crippen LogP contribution in [0.15, 0.2) is 0 Å². The summed E-state index contributed by atoms with van der Waals surface area (Å²) >= 11 is 0. The predicted octanol–water partition coefficient (Wildman–Crippen LogP) is 3.34. The molecule has 0 bridgehead atoms. The molecule has 1 aliphatic rings. The monoisotopic (exact) mass is 241 g/mol. The lowest BCUT2D eigenvalue weighted by atomic mass is 9.84. The Labute approximate surface area is 107 Å². The fourth-order valence-electron chi connectivity index (χ4n) is 3.09. The molecule has 2 nitrogen and oxygen atoms in total. The van der Waals surface area contributed by atoms with Crippen molar-refractivity contribution in [3.63, 3.8) is 0 Å². The van der Waals surface area contributed by atoms with Crippen molar-refractivity contribution in [1.82, 2.24) is 5.32 Å². The van der Waals surface area contributed by atoms with E-state index >= 15 is 0 Å². The third kappa shape index (κ3) is 5.87. The van der Waals surface area contributed by atoms with E-state index in [1.54, 1.807) is 0 Å². The quantitative estimate of drug-likeness (QED) is 0.683. The highest BCUT2D eigenvalue weighted by atomic mass is 16.3. The summed E-state index contributed by atoms with van der Waals surface area (Å²) in [7, 11) is 0. The zero-order valence-electron chi connectivity index (χ0n) is 11.8. The molecule has 1 fully saturated rings. The van der Waals surface area contributed by atoms with Crippen LogP contribution in [0.3, 0.4) is 0 Å². The van der Waals surface area contributed by atoms with Crippen LogP contribution < -0.4 is 5.32 Å². The van der Waals surface area contributed by atoms with Gasteiger partial charge in [-0.05, 0) is 51.0 Å². The number of rotatable bonds is 8. The Balaban J connectivity index is 2.21. The van der Waals surface area contributed by atoms with E-state index in [-0.39, 0.29) is 0 Å². The molecule has 2 N–H and O–H groups in total. The van der Waals surface area contributed by atoms with Crippen LogP contribution in [0.5, 0.6) is 0 Å². The molecule has 0 aromatic rings. The zero-order chi connectivity index (χ0) is 12.5. The maximum absolute atomic E-state index is 9.05. The Bertz CT molecular complexity index is 172. The second-order valence-electron chi connectivity index (χ2n) is 5.76. The van der Waals surface area contributed by atoms with Crippen molar-refractivity contribution in [3.8, 4) is 0 Å². The van der Waals surface area contributed by atoms with Gasteiger partial charge in [0.25, 0.3) is 0 Å². The van der Waals surface area contributed by atoms with E-state index < -0.39 is 0 Å². The van der Waals surface area contributed by atoms with Gasteiger partial charge in [-0.25, -0.2) is 0 Å². The van der Waals surface area contributed by atoms with Gasteiger partial charge in [-0.1, -0.05) is 32.6 Å². The summed E-state index contributed by atoms with van der Waals surface area (Å²) < 4.78 is 0. The minimum Gasteiger partial charge on any atom is -0.396 e. The van der Waals surface area contributed by atoms with Crippen LogP contribution in [-0.2, 0) is 0 Å². The van der Waals surface area contributed by atoms with Crippen LogP contribution in [0.1, 0.15) is 65.2 Å². The molecule has 0 aromatic heterocycles. The van der Waals surface area contributed by atoms with Crippen molar-refractivity contribution >= 4 is 0 Å². The maximum atomic E-state index is 9.05. The first-order valence-electron chi connectivity index (χ1n) is 7.62. The van der Waals surface area contributed by atoms with Crippen LogP contribution in [0.4, 0.5) is 0 Å². The molecule has 0 aromatic carbocycles. The number of hydrogen-bond donors (Lipinski definition) is 2. The maximum Gasteiger partial charge on any atom is 0.0434 e. The van der Waals surface area contributed by atoms with Gasteiger partial charge in [0, 0.05) is 12.6 Å². The second-order valence-corrected chi connectivity index (χ2v) is 5.76. The van der Waals surface area contributed by atoms with Crippen molar-refractivity contribution in [1.29, 1.82) is 0 Å². The zero-order valence-corrected chi connectivity index (χ0v) is 11.8. The van der Waals surface area contributed by atoms with Crippen LogP contribution in [-0.4, -0.2) is 24.3 Å². The van der Waals surface area contributed by atoms with Gasteiger partial charge in [0.2, 0.25) is 0 Å². The first-order valence-corrected chi connectivity index (χ1v) is 7.62. The Morgan fingerprint density at radius 1 is 1.18 bits per heavy atom. The topological polar surface area (TPSA) is 32.3 Å². The minimum atomic E-state index is 0.337. The molecular weight excluding hydrogens is 210 g/mol. The van der Waals surface area contributed by atoms with Gasteiger partial charge in [-0.15, -0.1) is 0 Å². The highest BCUT2D eigenvalue weighted by molar-refractivity contribution is 4.77. The van der Waals surface area contributed by atoms with Gasteiger partial charge in [0.1, 0.15) is 0 Å². The van der Waals surface area contributed by atoms with Gasteiger partial charge in [0.15, 0.2) is 0 Å². The van der Waals surface area contributed by atoms with Gasteiger partial charge in [0.05, 0.1) is 0 Å². The summed E-state index contributed by atoms with van der Waals surface area (Å²) in [6.07, 6.45) is 10.5. The minimum absolute atomic E-state index is 0.337. The highest BCUT2D eigenvalue weighted by Gasteiger charge is 2.20. The number of nitrogens with one attached hydrogen (secondary N) is 1. The first kappa shape index (κ1) is 15.0. The molecule has 0 heterocycles. The van der Waals surface area contributed by atoms with Crippen LogP contribution in [0.2, 0.25) is 0 Å². The van der Waals surface area contributed by atoms with Crippen molar-refractivity contribution in [2.45, 2.75) is 71.3 Å². The molecule has 1 rings (SSSR count). The summed E-state index contributed by atoms with van der Waals surface area (Å²) in [4.78, 5) is 0. The molecule has 0 radical (unpaired) electrons. The molecule has 0 spiro atoms. The average Bonchev–Trinajstić information content (AvgIpc) is 2.37.